The largest absolute Gasteiger partial charge is 0.369 e. The van der Waals surface area contributed by atoms with E-state index in [2.05, 4.69) is 17.6 Å². The van der Waals surface area contributed by atoms with Gasteiger partial charge >= 0.3 is 0 Å². The van der Waals surface area contributed by atoms with Crippen LogP contribution in [0.25, 0.3) is 0 Å². The maximum atomic E-state index is 11.8. The molecule has 1 saturated heterocycles. The van der Waals surface area contributed by atoms with Crippen LogP contribution in [-0.2, 0) is 9.59 Å². The molecule has 2 amide bonds. The minimum absolute atomic E-state index is 0.0295. The van der Waals surface area contributed by atoms with Crippen LogP contribution in [0.1, 0.15) is 13.3 Å². The van der Waals surface area contributed by atoms with Gasteiger partial charge in [0.15, 0.2) is 0 Å². The molecule has 15 heavy (non-hydrogen) atoms. The molecule has 0 aromatic rings. The van der Waals surface area contributed by atoms with Crippen LogP contribution < -0.4 is 16.4 Å². The second-order valence-electron chi connectivity index (χ2n) is 4.60. The molecule has 2 aliphatic rings. The molecule has 0 bridgehead atoms. The average Bonchev–Trinajstić information content (AvgIpc) is 2.71. The lowest BCUT2D eigenvalue weighted by molar-refractivity contribution is -0.131. The first-order valence-electron chi connectivity index (χ1n) is 5.40. The third kappa shape index (κ3) is 2.12. The van der Waals surface area contributed by atoms with Crippen molar-refractivity contribution < 1.29 is 9.59 Å². The Hall–Kier alpha value is -1.10. The van der Waals surface area contributed by atoms with E-state index in [-0.39, 0.29) is 23.7 Å². The van der Waals surface area contributed by atoms with Gasteiger partial charge in [-0.15, -0.1) is 0 Å². The van der Waals surface area contributed by atoms with Crippen molar-refractivity contribution in [1.82, 2.24) is 10.6 Å². The monoisotopic (exact) mass is 211 g/mol. The second-order valence-corrected chi connectivity index (χ2v) is 4.60. The van der Waals surface area contributed by atoms with Crippen LogP contribution in [0.2, 0.25) is 0 Å². The molecule has 2 rings (SSSR count). The zero-order valence-corrected chi connectivity index (χ0v) is 8.82. The summed E-state index contributed by atoms with van der Waals surface area (Å²) in [4.78, 5) is 22.9. The Kier molecular flexibility index (Phi) is 2.65. The molecule has 0 unspecified atom stereocenters. The van der Waals surface area contributed by atoms with Gasteiger partial charge in [-0.2, -0.15) is 0 Å². The molecule has 0 aromatic carbocycles. The lowest BCUT2D eigenvalue weighted by atomic mass is 9.94. The van der Waals surface area contributed by atoms with Crippen molar-refractivity contribution in [2.75, 3.05) is 13.1 Å². The van der Waals surface area contributed by atoms with Crippen molar-refractivity contribution >= 4 is 11.8 Å². The summed E-state index contributed by atoms with van der Waals surface area (Å²) in [5.74, 6) is -0.466. The Morgan fingerprint density at radius 3 is 2.47 bits per heavy atom. The maximum Gasteiger partial charge on any atom is 0.225 e. The van der Waals surface area contributed by atoms with Gasteiger partial charge < -0.3 is 16.4 Å². The van der Waals surface area contributed by atoms with E-state index < -0.39 is 0 Å². The fourth-order valence-corrected chi connectivity index (χ4v) is 2.07. The van der Waals surface area contributed by atoms with Crippen LogP contribution in [-0.4, -0.2) is 30.9 Å². The van der Waals surface area contributed by atoms with E-state index >= 15 is 0 Å². The fraction of sp³-hybridized carbons (Fsp3) is 0.800. The topological polar surface area (TPSA) is 84.2 Å². The highest BCUT2D eigenvalue weighted by Gasteiger charge is 2.40. The third-order valence-corrected chi connectivity index (χ3v) is 3.35. The van der Waals surface area contributed by atoms with Crippen molar-refractivity contribution in [1.29, 1.82) is 0 Å². The van der Waals surface area contributed by atoms with E-state index in [1.54, 1.807) is 0 Å². The van der Waals surface area contributed by atoms with Gasteiger partial charge in [0.25, 0.3) is 0 Å². The van der Waals surface area contributed by atoms with Crippen LogP contribution in [0.5, 0.6) is 0 Å². The van der Waals surface area contributed by atoms with Gasteiger partial charge in [-0.05, 0) is 12.3 Å². The number of carbonyl (C=O) groups excluding carboxylic acids is 2. The summed E-state index contributed by atoms with van der Waals surface area (Å²) < 4.78 is 0. The van der Waals surface area contributed by atoms with Crippen molar-refractivity contribution in [2.45, 2.75) is 19.4 Å². The lowest BCUT2D eigenvalue weighted by Crippen LogP contribution is -2.40. The standard InChI is InChI=1S/C10H17N3O2/c1-5-2-8(5)13-10(15)7-4-12-3-6(7)9(11)14/h5-8,12H,2-4H2,1H3,(H2,11,14)(H,13,15)/t5-,6+,7+,8-/m0/s1. The van der Waals surface area contributed by atoms with Crippen molar-refractivity contribution in [3.8, 4) is 0 Å². The summed E-state index contributed by atoms with van der Waals surface area (Å²) in [6.45, 7) is 3.18. The highest BCUT2D eigenvalue weighted by atomic mass is 16.2. The summed E-state index contributed by atoms with van der Waals surface area (Å²) in [7, 11) is 0. The van der Waals surface area contributed by atoms with Crippen LogP contribution in [0, 0.1) is 17.8 Å². The minimum Gasteiger partial charge on any atom is -0.369 e. The minimum atomic E-state index is -0.385. The maximum absolute atomic E-state index is 11.8. The number of rotatable bonds is 3. The normalized spacial score (nSPS) is 38.7. The van der Waals surface area contributed by atoms with E-state index in [1.165, 1.54) is 0 Å². The van der Waals surface area contributed by atoms with Crippen LogP contribution in [0.3, 0.4) is 0 Å². The molecule has 4 atom stereocenters. The quantitative estimate of drug-likeness (QED) is 0.550. The number of hydrogen-bond acceptors (Lipinski definition) is 3. The lowest BCUT2D eigenvalue weighted by Gasteiger charge is -2.15. The fourth-order valence-electron chi connectivity index (χ4n) is 2.07. The Morgan fingerprint density at radius 2 is 1.93 bits per heavy atom. The predicted octanol–water partition coefficient (Wildman–Crippen LogP) is -1.17. The number of nitrogens with two attached hydrogens (primary N) is 1. The van der Waals surface area contributed by atoms with E-state index in [9.17, 15) is 9.59 Å². The summed E-state index contributed by atoms with van der Waals surface area (Å²) in [6.07, 6.45) is 1.05. The number of carbonyl (C=O) groups is 2. The number of hydrogen-bond donors (Lipinski definition) is 3. The number of amides is 2. The van der Waals surface area contributed by atoms with Crippen molar-refractivity contribution in [2.24, 2.45) is 23.5 Å². The first-order valence-corrected chi connectivity index (χ1v) is 5.40. The molecule has 5 heteroatoms. The summed E-state index contributed by atoms with van der Waals surface area (Å²) >= 11 is 0. The highest BCUT2D eigenvalue weighted by molar-refractivity contribution is 5.88. The zero-order chi connectivity index (χ0) is 11.0. The molecule has 0 spiro atoms. The summed E-state index contributed by atoms with van der Waals surface area (Å²) in [5.41, 5.74) is 5.24. The number of primary amides is 1. The van der Waals surface area contributed by atoms with Gasteiger partial charge in [-0.1, -0.05) is 6.92 Å². The van der Waals surface area contributed by atoms with Gasteiger partial charge in [0.05, 0.1) is 11.8 Å². The first-order chi connectivity index (χ1) is 7.09. The highest BCUT2D eigenvalue weighted by Crippen LogP contribution is 2.30. The Balaban J connectivity index is 1.91. The predicted molar refractivity (Wildman–Crippen MR) is 54.8 cm³/mol. The smallest absolute Gasteiger partial charge is 0.225 e. The van der Waals surface area contributed by atoms with E-state index in [1.807, 2.05) is 0 Å². The molecule has 1 aliphatic carbocycles. The molecule has 0 aromatic heterocycles. The van der Waals surface area contributed by atoms with Gasteiger partial charge in [0, 0.05) is 19.1 Å². The molecule has 1 aliphatic heterocycles. The zero-order valence-electron chi connectivity index (χ0n) is 8.82. The Labute approximate surface area is 88.8 Å². The van der Waals surface area contributed by atoms with Gasteiger partial charge in [-0.3, -0.25) is 9.59 Å². The molecule has 84 valence electrons. The van der Waals surface area contributed by atoms with E-state index in [4.69, 9.17) is 5.73 Å². The Morgan fingerprint density at radius 1 is 1.33 bits per heavy atom. The van der Waals surface area contributed by atoms with Crippen molar-refractivity contribution in [3.63, 3.8) is 0 Å². The number of nitrogens with one attached hydrogen (secondary N) is 2. The first kappa shape index (κ1) is 10.4. The van der Waals surface area contributed by atoms with Gasteiger partial charge in [0.1, 0.15) is 0 Å². The molecule has 5 nitrogen and oxygen atoms in total. The summed E-state index contributed by atoms with van der Waals surface area (Å²) in [5, 5.41) is 5.97. The molecule has 0 radical (unpaired) electrons. The molecular weight excluding hydrogens is 194 g/mol. The van der Waals surface area contributed by atoms with Crippen LogP contribution >= 0.6 is 0 Å². The van der Waals surface area contributed by atoms with Gasteiger partial charge in [-0.25, -0.2) is 0 Å². The molecule has 2 fully saturated rings. The molecule has 1 saturated carbocycles. The van der Waals surface area contributed by atoms with E-state index in [0.29, 0.717) is 25.0 Å². The Bertz CT molecular complexity index is 292. The summed E-state index contributed by atoms with van der Waals surface area (Å²) in [6, 6.07) is 0.312. The molecule has 1 heterocycles. The second kappa shape index (κ2) is 3.81. The van der Waals surface area contributed by atoms with E-state index in [0.717, 1.165) is 6.42 Å². The SMILES string of the molecule is C[C@H]1C[C@@H]1NC(=O)[C@@H]1CNC[C@H]1C(N)=O. The van der Waals surface area contributed by atoms with Crippen LogP contribution in [0.4, 0.5) is 0 Å². The third-order valence-electron chi connectivity index (χ3n) is 3.35. The average molecular weight is 211 g/mol. The van der Waals surface area contributed by atoms with Gasteiger partial charge in [0.2, 0.25) is 11.8 Å². The molecule has 4 N–H and O–H groups in total. The van der Waals surface area contributed by atoms with Crippen molar-refractivity contribution in [3.05, 3.63) is 0 Å². The molecular formula is C10H17N3O2. The van der Waals surface area contributed by atoms with Crippen LogP contribution in [0.15, 0.2) is 0 Å².